The molecule has 0 aliphatic heterocycles. The Balaban J connectivity index is 2.67. The van der Waals surface area contributed by atoms with Gasteiger partial charge in [0.05, 0.1) is 10.7 Å². The number of nitrogens with one attached hydrogen (secondary N) is 1. The van der Waals surface area contributed by atoms with Crippen molar-refractivity contribution in [3.05, 3.63) is 16.1 Å². The van der Waals surface area contributed by atoms with Gasteiger partial charge in [0.15, 0.2) is 0 Å². The largest absolute Gasteiger partial charge is 0.309 e. The molecule has 2 nitrogen and oxygen atoms in total. The van der Waals surface area contributed by atoms with Crippen molar-refractivity contribution in [2.75, 3.05) is 6.54 Å². The van der Waals surface area contributed by atoms with Crippen molar-refractivity contribution in [2.24, 2.45) is 0 Å². The SMILES string of the molecule is CCNC(C)c1csc(C(C)CC)n1. The lowest BCUT2D eigenvalue weighted by molar-refractivity contribution is 0.582. The van der Waals surface area contributed by atoms with Crippen LogP contribution in [0.3, 0.4) is 0 Å². The molecule has 2 unspecified atom stereocenters. The third-order valence-corrected chi connectivity index (χ3v) is 3.62. The zero-order chi connectivity index (χ0) is 10.6. The highest BCUT2D eigenvalue weighted by molar-refractivity contribution is 7.09. The van der Waals surface area contributed by atoms with Gasteiger partial charge in [-0.15, -0.1) is 11.3 Å². The van der Waals surface area contributed by atoms with Crippen LogP contribution in [0.25, 0.3) is 0 Å². The molecule has 0 saturated carbocycles. The highest BCUT2D eigenvalue weighted by Gasteiger charge is 2.11. The van der Waals surface area contributed by atoms with Crippen molar-refractivity contribution in [2.45, 2.75) is 46.1 Å². The van der Waals surface area contributed by atoms with E-state index in [1.54, 1.807) is 11.3 Å². The van der Waals surface area contributed by atoms with Crippen LogP contribution in [0.2, 0.25) is 0 Å². The summed E-state index contributed by atoms with van der Waals surface area (Å²) in [4.78, 5) is 4.66. The summed E-state index contributed by atoms with van der Waals surface area (Å²) in [6.45, 7) is 9.73. The lowest BCUT2D eigenvalue weighted by Gasteiger charge is -2.08. The maximum Gasteiger partial charge on any atom is 0.0957 e. The molecule has 0 fully saturated rings. The Labute approximate surface area is 90.8 Å². The fraction of sp³-hybridized carbons (Fsp3) is 0.727. The van der Waals surface area contributed by atoms with Crippen LogP contribution in [-0.4, -0.2) is 11.5 Å². The second-order valence-electron chi connectivity index (χ2n) is 3.70. The van der Waals surface area contributed by atoms with Crippen molar-refractivity contribution >= 4 is 11.3 Å². The monoisotopic (exact) mass is 212 g/mol. The van der Waals surface area contributed by atoms with E-state index in [0.29, 0.717) is 12.0 Å². The van der Waals surface area contributed by atoms with Crippen LogP contribution in [0.15, 0.2) is 5.38 Å². The second kappa shape index (κ2) is 5.47. The molecule has 1 heterocycles. The molecule has 1 aromatic heterocycles. The highest BCUT2D eigenvalue weighted by Crippen LogP contribution is 2.24. The van der Waals surface area contributed by atoms with Crippen molar-refractivity contribution in [1.29, 1.82) is 0 Å². The molecular weight excluding hydrogens is 192 g/mol. The number of rotatable bonds is 5. The quantitative estimate of drug-likeness (QED) is 0.810. The van der Waals surface area contributed by atoms with Gasteiger partial charge in [-0.3, -0.25) is 0 Å². The minimum atomic E-state index is 0.383. The predicted octanol–water partition coefficient (Wildman–Crippen LogP) is 3.33. The first-order chi connectivity index (χ1) is 6.69. The summed E-state index contributed by atoms with van der Waals surface area (Å²) in [6.07, 6.45) is 1.17. The standard InChI is InChI=1S/C11H20N2S/c1-5-8(3)11-13-10(7-14-11)9(4)12-6-2/h7-9,12H,5-6H2,1-4H3. The number of nitrogens with zero attached hydrogens (tertiary/aromatic N) is 1. The molecule has 0 spiro atoms. The third kappa shape index (κ3) is 2.79. The van der Waals surface area contributed by atoms with Crippen LogP contribution in [0, 0.1) is 0 Å². The lowest BCUT2D eigenvalue weighted by Crippen LogP contribution is -2.18. The molecule has 1 rings (SSSR count). The molecule has 1 N–H and O–H groups in total. The fourth-order valence-corrected chi connectivity index (χ4v) is 2.37. The average molecular weight is 212 g/mol. The molecule has 0 radical (unpaired) electrons. The number of hydrogen-bond acceptors (Lipinski definition) is 3. The molecule has 0 saturated heterocycles. The van der Waals surface area contributed by atoms with E-state index in [9.17, 15) is 0 Å². The Morgan fingerprint density at radius 3 is 2.71 bits per heavy atom. The summed E-state index contributed by atoms with van der Waals surface area (Å²) < 4.78 is 0. The Morgan fingerprint density at radius 2 is 2.14 bits per heavy atom. The van der Waals surface area contributed by atoms with Gasteiger partial charge >= 0.3 is 0 Å². The van der Waals surface area contributed by atoms with Crippen molar-refractivity contribution in [3.63, 3.8) is 0 Å². The third-order valence-electron chi connectivity index (χ3n) is 2.53. The van der Waals surface area contributed by atoms with Gasteiger partial charge in [-0.2, -0.15) is 0 Å². The Hall–Kier alpha value is -0.410. The van der Waals surface area contributed by atoms with E-state index in [0.717, 1.165) is 6.54 Å². The summed E-state index contributed by atoms with van der Waals surface area (Å²) in [5.41, 5.74) is 1.19. The molecule has 0 aliphatic rings. The van der Waals surface area contributed by atoms with Crippen LogP contribution in [0.1, 0.15) is 56.8 Å². The van der Waals surface area contributed by atoms with Gasteiger partial charge in [0.2, 0.25) is 0 Å². The molecule has 0 amide bonds. The van der Waals surface area contributed by atoms with Gasteiger partial charge in [0, 0.05) is 17.3 Å². The van der Waals surface area contributed by atoms with Gasteiger partial charge in [-0.1, -0.05) is 20.8 Å². The van der Waals surface area contributed by atoms with Gasteiger partial charge < -0.3 is 5.32 Å². The zero-order valence-electron chi connectivity index (χ0n) is 9.50. The van der Waals surface area contributed by atoms with E-state index in [1.165, 1.54) is 17.1 Å². The van der Waals surface area contributed by atoms with Gasteiger partial charge in [0.25, 0.3) is 0 Å². The molecule has 2 atom stereocenters. The van der Waals surface area contributed by atoms with Crippen molar-refractivity contribution in [1.82, 2.24) is 10.3 Å². The second-order valence-corrected chi connectivity index (χ2v) is 4.59. The van der Waals surface area contributed by atoms with E-state index >= 15 is 0 Å². The summed E-state index contributed by atoms with van der Waals surface area (Å²) in [5, 5.41) is 6.82. The van der Waals surface area contributed by atoms with Crippen LogP contribution >= 0.6 is 11.3 Å². The molecule has 0 aliphatic carbocycles. The zero-order valence-corrected chi connectivity index (χ0v) is 10.3. The summed E-state index contributed by atoms with van der Waals surface area (Å²) in [6, 6.07) is 0.383. The van der Waals surface area contributed by atoms with Crippen LogP contribution in [-0.2, 0) is 0 Å². The smallest absolute Gasteiger partial charge is 0.0957 e. The molecule has 1 aromatic rings. The van der Waals surface area contributed by atoms with E-state index in [1.807, 2.05) is 0 Å². The maximum atomic E-state index is 4.66. The minimum Gasteiger partial charge on any atom is -0.309 e. The first kappa shape index (κ1) is 11.7. The van der Waals surface area contributed by atoms with E-state index < -0.39 is 0 Å². The molecule has 80 valence electrons. The molecular formula is C11H20N2S. The van der Waals surface area contributed by atoms with Gasteiger partial charge in [0.1, 0.15) is 0 Å². The summed E-state index contributed by atoms with van der Waals surface area (Å²) >= 11 is 1.79. The molecule has 0 aromatic carbocycles. The van der Waals surface area contributed by atoms with E-state index in [4.69, 9.17) is 0 Å². The van der Waals surface area contributed by atoms with Gasteiger partial charge in [-0.05, 0) is 19.9 Å². The Kier molecular flexibility index (Phi) is 4.55. The van der Waals surface area contributed by atoms with E-state index in [2.05, 4.69) is 43.4 Å². The predicted molar refractivity (Wildman–Crippen MR) is 62.9 cm³/mol. The van der Waals surface area contributed by atoms with E-state index in [-0.39, 0.29) is 0 Å². The van der Waals surface area contributed by atoms with Crippen molar-refractivity contribution in [3.8, 4) is 0 Å². The first-order valence-corrected chi connectivity index (χ1v) is 6.25. The topological polar surface area (TPSA) is 24.9 Å². The van der Waals surface area contributed by atoms with Gasteiger partial charge in [-0.25, -0.2) is 4.98 Å². The average Bonchev–Trinajstić information content (AvgIpc) is 2.66. The van der Waals surface area contributed by atoms with Crippen molar-refractivity contribution < 1.29 is 0 Å². The van der Waals surface area contributed by atoms with Crippen LogP contribution in [0.4, 0.5) is 0 Å². The normalized spacial score (nSPS) is 15.4. The first-order valence-electron chi connectivity index (χ1n) is 5.37. The van der Waals surface area contributed by atoms with Crippen LogP contribution < -0.4 is 5.32 Å². The molecule has 3 heteroatoms. The fourth-order valence-electron chi connectivity index (χ4n) is 1.31. The summed E-state index contributed by atoms with van der Waals surface area (Å²) in [7, 11) is 0. The highest BCUT2D eigenvalue weighted by atomic mass is 32.1. The summed E-state index contributed by atoms with van der Waals surface area (Å²) in [5.74, 6) is 0.600. The maximum absolute atomic E-state index is 4.66. The van der Waals surface area contributed by atoms with Crippen LogP contribution in [0.5, 0.6) is 0 Å². The number of hydrogen-bond donors (Lipinski definition) is 1. The molecule has 14 heavy (non-hydrogen) atoms. The number of aromatic nitrogens is 1. The lowest BCUT2D eigenvalue weighted by atomic mass is 10.1. The Morgan fingerprint density at radius 1 is 1.43 bits per heavy atom. The Bertz CT molecular complexity index is 270. The number of thiazole rings is 1. The molecule has 0 bridgehead atoms. The minimum absolute atomic E-state index is 0.383.